The normalized spacial score (nSPS) is 20.6. The van der Waals surface area contributed by atoms with Crippen LogP contribution in [0, 0.1) is 5.82 Å². The Morgan fingerprint density at radius 1 is 1.10 bits per heavy atom. The van der Waals surface area contributed by atoms with Gasteiger partial charge in [0.05, 0.1) is 12.1 Å². The Balaban J connectivity index is 1.40. The molecule has 1 N–H and O–H groups in total. The van der Waals surface area contributed by atoms with E-state index in [-0.39, 0.29) is 17.7 Å². The number of nitrogens with one attached hydrogen (secondary N) is 1. The van der Waals surface area contributed by atoms with Gasteiger partial charge in [-0.2, -0.15) is 0 Å². The van der Waals surface area contributed by atoms with Crippen LogP contribution in [0.4, 0.5) is 4.39 Å². The molecule has 1 spiro atoms. The van der Waals surface area contributed by atoms with E-state index in [2.05, 4.69) is 4.98 Å². The minimum Gasteiger partial charge on any atom is -0.449 e. The molecule has 2 aromatic carbocycles. The molecule has 0 unspecified atom stereocenters. The van der Waals surface area contributed by atoms with Crippen molar-refractivity contribution >= 4 is 11.9 Å². The molecule has 5 nitrogen and oxygen atoms in total. The Bertz CT molecular complexity index is 1110. The van der Waals surface area contributed by atoms with Crippen LogP contribution in [0.3, 0.4) is 0 Å². The van der Waals surface area contributed by atoms with Gasteiger partial charge in [0.25, 0.3) is 5.91 Å². The predicted molar refractivity (Wildman–Crippen MR) is 105 cm³/mol. The van der Waals surface area contributed by atoms with E-state index in [4.69, 9.17) is 4.74 Å². The summed E-state index contributed by atoms with van der Waals surface area (Å²) in [6.45, 7) is 0.935. The molecule has 5 rings (SSSR count). The second-order valence-electron chi connectivity index (χ2n) is 7.57. The number of amides is 1. The maximum Gasteiger partial charge on any atom is 0.339 e. The fourth-order valence-electron chi connectivity index (χ4n) is 4.34. The zero-order chi connectivity index (χ0) is 20.0. The number of carbonyl (C=O) groups excluding carboxylic acids is 2. The van der Waals surface area contributed by atoms with Crippen molar-refractivity contribution < 1.29 is 18.7 Å². The SMILES string of the molecule is O=C1O[C@]2(CCCN(C(=O)c3cc(-c4ccc(F)cc4)c[nH]3)C2)c2ccccc21. The van der Waals surface area contributed by atoms with Crippen LogP contribution in [0.5, 0.6) is 0 Å². The van der Waals surface area contributed by atoms with Gasteiger partial charge in [-0.05, 0) is 48.2 Å². The van der Waals surface area contributed by atoms with E-state index in [1.54, 1.807) is 35.4 Å². The Labute approximate surface area is 167 Å². The van der Waals surface area contributed by atoms with Crippen LogP contribution < -0.4 is 0 Å². The number of rotatable bonds is 2. The second-order valence-corrected chi connectivity index (χ2v) is 7.57. The zero-order valence-electron chi connectivity index (χ0n) is 15.7. The molecule has 1 fully saturated rings. The van der Waals surface area contributed by atoms with Gasteiger partial charge in [0.1, 0.15) is 11.5 Å². The summed E-state index contributed by atoms with van der Waals surface area (Å²) in [6.07, 6.45) is 3.19. The summed E-state index contributed by atoms with van der Waals surface area (Å²) in [7, 11) is 0. The molecule has 1 amide bonds. The molecule has 0 radical (unpaired) electrons. The number of carbonyl (C=O) groups is 2. The van der Waals surface area contributed by atoms with Crippen molar-refractivity contribution in [2.45, 2.75) is 18.4 Å². The van der Waals surface area contributed by atoms with E-state index < -0.39 is 5.60 Å². The minimum atomic E-state index is -0.770. The molecule has 1 atom stereocenters. The van der Waals surface area contributed by atoms with Gasteiger partial charge in [-0.3, -0.25) is 4.79 Å². The highest BCUT2D eigenvalue weighted by atomic mass is 19.1. The highest BCUT2D eigenvalue weighted by Crippen LogP contribution is 2.43. The van der Waals surface area contributed by atoms with Gasteiger partial charge in [-0.15, -0.1) is 0 Å². The van der Waals surface area contributed by atoms with Crippen molar-refractivity contribution in [3.8, 4) is 11.1 Å². The maximum atomic E-state index is 13.2. The van der Waals surface area contributed by atoms with Gasteiger partial charge in [0.2, 0.25) is 0 Å². The first-order valence-electron chi connectivity index (χ1n) is 9.62. The number of H-pyrrole nitrogens is 1. The number of esters is 1. The summed E-state index contributed by atoms with van der Waals surface area (Å²) in [5.41, 5.74) is 2.78. The molecular weight excluding hydrogens is 371 g/mol. The maximum absolute atomic E-state index is 13.2. The molecule has 1 saturated heterocycles. The van der Waals surface area contributed by atoms with Gasteiger partial charge in [0, 0.05) is 18.3 Å². The van der Waals surface area contributed by atoms with Gasteiger partial charge in [0.15, 0.2) is 5.60 Å². The van der Waals surface area contributed by atoms with Crippen LogP contribution >= 0.6 is 0 Å². The molecule has 0 aliphatic carbocycles. The van der Waals surface area contributed by atoms with Crippen LogP contribution in [0.15, 0.2) is 60.8 Å². The fraction of sp³-hybridized carbons (Fsp3) is 0.217. The van der Waals surface area contributed by atoms with Crippen LogP contribution in [-0.2, 0) is 10.3 Å². The van der Waals surface area contributed by atoms with Crippen molar-refractivity contribution in [2.24, 2.45) is 0 Å². The summed E-state index contributed by atoms with van der Waals surface area (Å²) in [5, 5.41) is 0. The molecule has 2 aliphatic heterocycles. The van der Waals surface area contributed by atoms with Crippen molar-refractivity contribution in [2.75, 3.05) is 13.1 Å². The summed E-state index contributed by atoms with van der Waals surface area (Å²) >= 11 is 0. The second kappa shape index (κ2) is 6.58. The van der Waals surface area contributed by atoms with Crippen LogP contribution in [-0.4, -0.2) is 34.8 Å². The number of piperidine rings is 1. The van der Waals surface area contributed by atoms with E-state index >= 15 is 0 Å². The summed E-state index contributed by atoms with van der Waals surface area (Å²) in [6, 6.07) is 15.3. The van der Waals surface area contributed by atoms with E-state index in [0.717, 1.165) is 23.1 Å². The number of likely N-dealkylation sites (tertiary alicyclic amines) is 1. The first-order valence-corrected chi connectivity index (χ1v) is 9.62. The molecular formula is C23H19FN2O3. The standard InChI is InChI=1S/C23H19FN2O3/c24-17-8-6-15(7-9-17)16-12-20(25-13-16)21(27)26-11-3-10-23(14-26)19-5-2-1-4-18(19)22(28)29-23/h1-2,4-9,12-13,25H,3,10-11,14H2/t23-/m0/s1. The van der Waals surface area contributed by atoms with Crippen LogP contribution in [0.1, 0.15) is 39.3 Å². The lowest BCUT2D eigenvalue weighted by atomic mass is 9.85. The van der Waals surface area contributed by atoms with E-state index in [9.17, 15) is 14.0 Å². The molecule has 0 bridgehead atoms. The monoisotopic (exact) mass is 390 g/mol. The Hall–Kier alpha value is -3.41. The van der Waals surface area contributed by atoms with Crippen molar-refractivity contribution in [1.82, 2.24) is 9.88 Å². The molecule has 3 aromatic rings. The highest BCUT2D eigenvalue weighted by molar-refractivity contribution is 5.96. The quantitative estimate of drug-likeness (QED) is 0.670. The van der Waals surface area contributed by atoms with Crippen LogP contribution in [0.2, 0.25) is 0 Å². The fourth-order valence-corrected chi connectivity index (χ4v) is 4.34. The third-order valence-corrected chi connectivity index (χ3v) is 5.76. The smallest absolute Gasteiger partial charge is 0.339 e. The topological polar surface area (TPSA) is 62.4 Å². The summed E-state index contributed by atoms with van der Waals surface area (Å²) in [4.78, 5) is 30.2. The number of fused-ring (bicyclic) bond motifs is 2. The van der Waals surface area contributed by atoms with Crippen molar-refractivity contribution in [3.63, 3.8) is 0 Å². The first kappa shape index (κ1) is 17.7. The highest BCUT2D eigenvalue weighted by Gasteiger charge is 2.48. The third kappa shape index (κ3) is 2.92. The number of ether oxygens (including phenoxy) is 1. The number of halogens is 1. The summed E-state index contributed by atoms with van der Waals surface area (Å²) < 4.78 is 18.9. The minimum absolute atomic E-state index is 0.141. The molecule has 6 heteroatoms. The predicted octanol–water partition coefficient (Wildman–Crippen LogP) is 4.12. The van der Waals surface area contributed by atoms with Gasteiger partial charge in [-0.25, -0.2) is 9.18 Å². The van der Waals surface area contributed by atoms with Crippen LogP contribution in [0.25, 0.3) is 11.1 Å². The number of benzene rings is 2. The summed E-state index contributed by atoms with van der Waals surface area (Å²) in [5.74, 6) is -0.767. The third-order valence-electron chi connectivity index (χ3n) is 5.76. The van der Waals surface area contributed by atoms with E-state index in [0.29, 0.717) is 30.8 Å². The molecule has 146 valence electrons. The Morgan fingerprint density at radius 3 is 2.72 bits per heavy atom. The molecule has 1 aromatic heterocycles. The lowest BCUT2D eigenvalue weighted by Crippen LogP contribution is -2.48. The van der Waals surface area contributed by atoms with Gasteiger partial charge >= 0.3 is 5.97 Å². The molecule has 0 saturated carbocycles. The first-order chi connectivity index (χ1) is 14.1. The average Bonchev–Trinajstić information content (AvgIpc) is 3.33. The lowest BCUT2D eigenvalue weighted by Gasteiger charge is -2.39. The van der Waals surface area contributed by atoms with Gasteiger partial charge < -0.3 is 14.6 Å². The van der Waals surface area contributed by atoms with E-state index in [1.807, 2.05) is 18.2 Å². The average molecular weight is 390 g/mol. The number of aromatic amines is 1. The largest absolute Gasteiger partial charge is 0.449 e. The van der Waals surface area contributed by atoms with E-state index in [1.165, 1.54) is 12.1 Å². The Morgan fingerprint density at radius 2 is 1.90 bits per heavy atom. The number of hydrogen-bond donors (Lipinski definition) is 1. The van der Waals surface area contributed by atoms with Crippen molar-refractivity contribution in [1.29, 1.82) is 0 Å². The Kier molecular flexibility index (Phi) is 4.01. The van der Waals surface area contributed by atoms with Gasteiger partial charge in [-0.1, -0.05) is 30.3 Å². The number of nitrogens with zero attached hydrogens (tertiary/aromatic N) is 1. The molecule has 29 heavy (non-hydrogen) atoms. The zero-order valence-corrected chi connectivity index (χ0v) is 15.7. The lowest BCUT2D eigenvalue weighted by molar-refractivity contribution is -0.0443. The number of aromatic nitrogens is 1. The number of hydrogen-bond acceptors (Lipinski definition) is 3. The molecule has 2 aliphatic rings. The molecule has 3 heterocycles. The van der Waals surface area contributed by atoms with Crippen molar-refractivity contribution in [3.05, 3.63) is 83.4 Å².